The molecule has 28 heavy (non-hydrogen) atoms. The maximum absolute atomic E-state index is 14.1. The van der Waals surface area contributed by atoms with E-state index in [4.69, 9.17) is 0 Å². The topological polar surface area (TPSA) is 95.6 Å². The second-order valence-electron chi connectivity index (χ2n) is 6.33. The normalized spacial score (nSPS) is 11.2. The van der Waals surface area contributed by atoms with Crippen molar-refractivity contribution in [3.63, 3.8) is 0 Å². The van der Waals surface area contributed by atoms with Crippen LogP contribution in [-0.2, 0) is 14.8 Å². The summed E-state index contributed by atoms with van der Waals surface area (Å²) in [6.07, 6.45) is 0. The van der Waals surface area contributed by atoms with Gasteiger partial charge in [-0.3, -0.25) is 9.59 Å². The number of sulfonamides is 1. The molecule has 9 heteroatoms. The van der Waals surface area contributed by atoms with E-state index in [2.05, 4.69) is 10.0 Å². The quantitative estimate of drug-likeness (QED) is 0.766. The summed E-state index contributed by atoms with van der Waals surface area (Å²) < 4.78 is 40.0. The third-order valence-corrected chi connectivity index (χ3v) is 5.63. The smallest absolute Gasteiger partial charge is 0.257 e. The van der Waals surface area contributed by atoms with Gasteiger partial charge in [-0.25, -0.2) is 17.5 Å². The number of carbonyl (C=O) groups is 2. The summed E-state index contributed by atoms with van der Waals surface area (Å²) in [7, 11) is -1.29. The highest BCUT2D eigenvalue weighted by molar-refractivity contribution is 7.89. The van der Waals surface area contributed by atoms with Crippen LogP contribution in [0.3, 0.4) is 0 Å². The largest absolute Gasteiger partial charge is 0.332 e. The molecular weight excluding hydrogens is 385 g/mol. The van der Waals surface area contributed by atoms with Crippen molar-refractivity contribution in [2.75, 3.05) is 26.0 Å². The van der Waals surface area contributed by atoms with Gasteiger partial charge in [-0.15, -0.1) is 0 Å². The van der Waals surface area contributed by atoms with Gasteiger partial charge in [-0.05, 0) is 50.2 Å². The fraction of sp³-hybridized carbons (Fsp3) is 0.263. The van der Waals surface area contributed by atoms with Crippen LogP contribution in [0, 0.1) is 19.7 Å². The summed E-state index contributed by atoms with van der Waals surface area (Å²) in [4.78, 5) is 25.6. The molecule has 0 aliphatic heterocycles. The Morgan fingerprint density at radius 3 is 2.29 bits per heavy atom. The third kappa shape index (κ3) is 4.73. The Kier molecular flexibility index (Phi) is 6.52. The molecule has 0 aliphatic rings. The lowest BCUT2D eigenvalue weighted by Gasteiger charge is -2.19. The van der Waals surface area contributed by atoms with E-state index in [-0.39, 0.29) is 11.4 Å². The van der Waals surface area contributed by atoms with E-state index < -0.39 is 33.2 Å². The standard InChI is InChI=1S/C19H22FN3O4S/c1-12-6-5-7-13(2)18(12)22-17(24)11-23(4)19(25)15-10-14(8-9-16(15)20)28(26,27)21-3/h5-10,21H,11H2,1-4H3,(H,22,24). The van der Waals surface area contributed by atoms with Crippen molar-refractivity contribution in [3.8, 4) is 0 Å². The van der Waals surface area contributed by atoms with Crippen LogP contribution in [0.2, 0.25) is 0 Å². The molecule has 2 N–H and O–H groups in total. The molecule has 0 saturated carbocycles. The Morgan fingerprint density at radius 2 is 1.71 bits per heavy atom. The number of hydrogen-bond donors (Lipinski definition) is 2. The maximum atomic E-state index is 14.1. The van der Waals surface area contributed by atoms with E-state index in [1.807, 2.05) is 32.0 Å². The van der Waals surface area contributed by atoms with Crippen molar-refractivity contribution in [1.29, 1.82) is 0 Å². The number of hydrogen-bond acceptors (Lipinski definition) is 4. The summed E-state index contributed by atoms with van der Waals surface area (Å²) >= 11 is 0. The number of rotatable bonds is 6. The summed E-state index contributed by atoms with van der Waals surface area (Å²) in [6.45, 7) is 3.37. The molecule has 0 aliphatic carbocycles. The number of nitrogens with zero attached hydrogens (tertiary/aromatic N) is 1. The Labute approximate surface area is 163 Å². The highest BCUT2D eigenvalue weighted by Gasteiger charge is 2.22. The number of nitrogens with one attached hydrogen (secondary N) is 2. The molecule has 2 amide bonds. The molecule has 2 aromatic carbocycles. The minimum atomic E-state index is -3.84. The Morgan fingerprint density at radius 1 is 1.11 bits per heavy atom. The van der Waals surface area contributed by atoms with Crippen LogP contribution >= 0.6 is 0 Å². The molecule has 0 spiro atoms. The van der Waals surface area contributed by atoms with Gasteiger partial charge in [0.15, 0.2) is 0 Å². The zero-order valence-corrected chi connectivity index (χ0v) is 16.9. The van der Waals surface area contributed by atoms with Crippen molar-refractivity contribution in [1.82, 2.24) is 9.62 Å². The van der Waals surface area contributed by atoms with Gasteiger partial charge in [0.1, 0.15) is 5.82 Å². The van der Waals surface area contributed by atoms with Crippen LogP contribution in [0.15, 0.2) is 41.3 Å². The molecule has 0 fully saturated rings. The molecule has 0 bridgehead atoms. The molecule has 2 aromatic rings. The average Bonchev–Trinajstić information content (AvgIpc) is 2.64. The lowest BCUT2D eigenvalue weighted by molar-refractivity contribution is -0.116. The van der Waals surface area contributed by atoms with Crippen molar-refractivity contribution in [2.24, 2.45) is 0 Å². The Balaban J connectivity index is 2.19. The molecule has 7 nitrogen and oxygen atoms in total. The number of carbonyl (C=O) groups excluding carboxylic acids is 2. The molecule has 0 unspecified atom stereocenters. The second-order valence-corrected chi connectivity index (χ2v) is 8.21. The zero-order chi connectivity index (χ0) is 21.1. The number of para-hydroxylation sites is 1. The van der Waals surface area contributed by atoms with Crippen LogP contribution in [0.1, 0.15) is 21.5 Å². The summed E-state index contributed by atoms with van der Waals surface area (Å²) in [5.41, 5.74) is 1.97. The van der Waals surface area contributed by atoms with Crippen LogP contribution in [0.4, 0.5) is 10.1 Å². The van der Waals surface area contributed by atoms with Crippen LogP contribution in [0.25, 0.3) is 0 Å². The monoisotopic (exact) mass is 407 g/mol. The van der Waals surface area contributed by atoms with E-state index >= 15 is 0 Å². The Hall–Kier alpha value is -2.78. The van der Waals surface area contributed by atoms with Crippen molar-refractivity contribution in [2.45, 2.75) is 18.7 Å². The number of anilines is 1. The van der Waals surface area contributed by atoms with Gasteiger partial charge in [0, 0.05) is 12.7 Å². The lowest BCUT2D eigenvalue weighted by Crippen LogP contribution is -2.35. The number of likely N-dealkylation sites (N-methyl/N-ethyl adjacent to an activating group) is 1. The Bertz CT molecular complexity index is 1000. The van der Waals surface area contributed by atoms with Crippen molar-refractivity contribution < 1.29 is 22.4 Å². The SMILES string of the molecule is CNS(=O)(=O)c1ccc(F)c(C(=O)N(C)CC(=O)Nc2c(C)cccc2C)c1. The van der Waals surface area contributed by atoms with E-state index in [1.165, 1.54) is 14.1 Å². The molecule has 0 atom stereocenters. The summed E-state index contributed by atoms with van der Waals surface area (Å²) in [5, 5.41) is 2.74. The number of halogens is 1. The van der Waals surface area contributed by atoms with Gasteiger partial charge in [-0.1, -0.05) is 18.2 Å². The number of benzene rings is 2. The first-order valence-corrected chi connectivity index (χ1v) is 9.89. The molecule has 0 radical (unpaired) electrons. The molecular formula is C19H22FN3O4S. The molecule has 0 aromatic heterocycles. The van der Waals surface area contributed by atoms with Gasteiger partial charge >= 0.3 is 0 Å². The molecule has 150 valence electrons. The van der Waals surface area contributed by atoms with E-state index in [0.717, 1.165) is 34.2 Å². The van der Waals surface area contributed by atoms with Gasteiger partial charge in [0.2, 0.25) is 15.9 Å². The first-order chi connectivity index (χ1) is 13.1. The van der Waals surface area contributed by atoms with Crippen LogP contribution in [-0.4, -0.2) is 45.8 Å². The van der Waals surface area contributed by atoms with Crippen LogP contribution in [0.5, 0.6) is 0 Å². The molecule has 2 rings (SSSR count). The zero-order valence-electron chi connectivity index (χ0n) is 16.0. The van der Waals surface area contributed by atoms with Gasteiger partial charge in [0.25, 0.3) is 5.91 Å². The third-order valence-electron chi connectivity index (χ3n) is 4.22. The minimum absolute atomic E-state index is 0.242. The van der Waals surface area contributed by atoms with Gasteiger partial charge in [-0.2, -0.15) is 0 Å². The predicted octanol–water partition coefficient (Wildman–Crippen LogP) is 2.06. The number of aryl methyl sites for hydroxylation is 2. The van der Waals surface area contributed by atoms with E-state index in [1.54, 1.807) is 0 Å². The first-order valence-electron chi connectivity index (χ1n) is 8.41. The maximum Gasteiger partial charge on any atom is 0.257 e. The lowest BCUT2D eigenvalue weighted by atomic mass is 10.1. The van der Waals surface area contributed by atoms with Gasteiger partial charge in [0.05, 0.1) is 17.0 Å². The number of amides is 2. The van der Waals surface area contributed by atoms with Crippen LogP contribution < -0.4 is 10.0 Å². The van der Waals surface area contributed by atoms with Crippen molar-refractivity contribution in [3.05, 3.63) is 58.9 Å². The second kappa shape index (κ2) is 8.49. The highest BCUT2D eigenvalue weighted by Crippen LogP contribution is 2.20. The average molecular weight is 407 g/mol. The predicted molar refractivity (Wildman–Crippen MR) is 104 cm³/mol. The summed E-state index contributed by atoms with van der Waals surface area (Å²) in [6, 6.07) is 8.48. The fourth-order valence-corrected chi connectivity index (χ4v) is 3.39. The fourth-order valence-electron chi connectivity index (χ4n) is 2.64. The minimum Gasteiger partial charge on any atom is -0.332 e. The van der Waals surface area contributed by atoms with Crippen molar-refractivity contribution >= 4 is 27.5 Å². The molecule has 0 heterocycles. The van der Waals surface area contributed by atoms with Gasteiger partial charge < -0.3 is 10.2 Å². The highest BCUT2D eigenvalue weighted by atomic mass is 32.2. The van der Waals surface area contributed by atoms with E-state index in [0.29, 0.717) is 5.69 Å². The van der Waals surface area contributed by atoms with E-state index in [9.17, 15) is 22.4 Å². The molecule has 0 saturated heterocycles. The first kappa shape index (κ1) is 21.5. The summed E-state index contributed by atoms with van der Waals surface area (Å²) in [5.74, 6) is -2.13.